The van der Waals surface area contributed by atoms with Crippen LogP contribution in [0.15, 0.2) is 52.3 Å². The number of thiophene rings is 1. The molecule has 0 fully saturated rings. The maximum atomic E-state index is 13.3. The molecule has 5 nitrogen and oxygen atoms in total. The fourth-order valence-corrected chi connectivity index (χ4v) is 4.70. The van der Waals surface area contributed by atoms with E-state index in [1.54, 1.807) is 24.5 Å². The lowest BCUT2D eigenvalue weighted by atomic mass is 10.1. The van der Waals surface area contributed by atoms with E-state index >= 15 is 0 Å². The Hall–Kier alpha value is -2.38. The van der Waals surface area contributed by atoms with Gasteiger partial charge in [-0.15, -0.1) is 17.9 Å². The van der Waals surface area contributed by atoms with Crippen molar-refractivity contribution in [3.05, 3.63) is 58.2 Å². The fraction of sp³-hybridized carbons (Fsp3) is 0.286. The van der Waals surface area contributed by atoms with Gasteiger partial charge < -0.3 is 4.74 Å². The maximum Gasteiger partial charge on any atom is 0.319 e. The molecule has 0 bridgehead atoms. The summed E-state index contributed by atoms with van der Waals surface area (Å²) >= 11 is 2.66. The number of nitrogens with zero attached hydrogens (tertiary/aromatic N) is 2. The van der Waals surface area contributed by atoms with Gasteiger partial charge in [-0.1, -0.05) is 47.7 Å². The van der Waals surface area contributed by atoms with E-state index in [1.807, 2.05) is 36.6 Å². The minimum Gasteiger partial charge on any atom is -0.465 e. The zero-order chi connectivity index (χ0) is 20.3. The molecular weight excluding hydrogens is 392 g/mol. The first-order valence-corrected chi connectivity index (χ1v) is 10.8. The molecule has 0 amide bonds. The Balaban J connectivity index is 2.11. The third kappa shape index (κ3) is 4.05. The summed E-state index contributed by atoms with van der Waals surface area (Å²) in [7, 11) is 0. The van der Waals surface area contributed by atoms with E-state index in [9.17, 15) is 9.59 Å². The summed E-state index contributed by atoms with van der Waals surface area (Å²) in [5.74, 6) is -0.321. The zero-order valence-electron chi connectivity index (χ0n) is 16.1. The number of carbonyl (C=O) groups excluding carboxylic acids is 1. The van der Waals surface area contributed by atoms with Crippen LogP contribution in [0.5, 0.6) is 0 Å². The van der Waals surface area contributed by atoms with Crippen molar-refractivity contribution in [1.29, 1.82) is 0 Å². The second-order valence-electron chi connectivity index (χ2n) is 6.31. The maximum absolute atomic E-state index is 13.3. The van der Waals surface area contributed by atoms with Gasteiger partial charge in [0.2, 0.25) is 0 Å². The van der Waals surface area contributed by atoms with Crippen molar-refractivity contribution in [3.8, 4) is 11.1 Å². The van der Waals surface area contributed by atoms with Crippen LogP contribution in [0.3, 0.4) is 0 Å². The van der Waals surface area contributed by atoms with Crippen molar-refractivity contribution >= 4 is 39.3 Å². The second-order valence-corrected chi connectivity index (χ2v) is 8.47. The molecular formula is C21H22N2O3S2. The minimum atomic E-state index is -0.461. The molecule has 0 spiro atoms. The van der Waals surface area contributed by atoms with E-state index in [0.29, 0.717) is 28.5 Å². The van der Waals surface area contributed by atoms with E-state index in [0.717, 1.165) is 16.7 Å². The van der Waals surface area contributed by atoms with Crippen LogP contribution < -0.4 is 5.56 Å². The van der Waals surface area contributed by atoms with Gasteiger partial charge in [0.05, 0.1) is 12.0 Å². The van der Waals surface area contributed by atoms with Crippen molar-refractivity contribution in [2.24, 2.45) is 0 Å². The van der Waals surface area contributed by atoms with Crippen molar-refractivity contribution in [3.63, 3.8) is 0 Å². The predicted molar refractivity (Wildman–Crippen MR) is 116 cm³/mol. The lowest BCUT2D eigenvalue weighted by Crippen LogP contribution is -2.25. The molecule has 0 aliphatic carbocycles. The molecule has 2 aromatic heterocycles. The molecule has 1 aromatic carbocycles. The highest BCUT2D eigenvalue weighted by Crippen LogP contribution is 2.33. The van der Waals surface area contributed by atoms with Crippen LogP contribution >= 0.6 is 23.1 Å². The molecule has 0 radical (unpaired) electrons. The third-order valence-electron chi connectivity index (χ3n) is 4.23. The molecule has 0 aliphatic heterocycles. The van der Waals surface area contributed by atoms with Crippen LogP contribution in [0.4, 0.5) is 0 Å². The number of benzene rings is 1. The van der Waals surface area contributed by atoms with Gasteiger partial charge in [-0.2, -0.15) is 0 Å². The highest BCUT2D eigenvalue weighted by Gasteiger charge is 2.22. The number of allylic oxidation sites excluding steroid dienone is 1. The van der Waals surface area contributed by atoms with E-state index in [1.165, 1.54) is 23.1 Å². The van der Waals surface area contributed by atoms with E-state index in [4.69, 9.17) is 4.74 Å². The molecule has 2 heterocycles. The van der Waals surface area contributed by atoms with Crippen molar-refractivity contribution in [2.75, 3.05) is 6.61 Å². The smallest absolute Gasteiger partial charge is 0.319 e. The van der Waals surface area contributed by atoms with Crippen molar-refractivity contribution in [2.45, 2.75) is 37.7 Å². The number of aryl methyl sites for hydroxylation is 1. The minimum absolute atomic E-state index is 0.125. The van der Waals surface area contributed by atoms with Crippen LogP contribution in [0.1, 0.15) is 19.4 Å². The average Bonchev–Trinajstić information content (AvgIpc) is 3.09. The Kier molecular flexibility index (Phi) is 6.36. The summed E-state index contributed by atoms with van der Waals surface area (Å²) in [6.45, 7) is 9.95. The van der Waals surface area contributed by atoms with Gasteiger partial charge >= 0.3 is 5.97 Å². The molecule has 0 saturated carbocycles. The summed E-state index contributed by atoms with van der Waals surface area (Å²) < 4.78 is 6.64. The Morgan fingerprint density at radius 3 is 2.75 bits per heavy atom. The number of esters is 1. The first kappa shape index (κ1) is 20.4. The quantitative estimate of drug-likeness (QED) is 0.243. The van der Waals surface area contributed by atoms with Gasteiger partial charge in [0.25, 0.3) is 5.56 Å². The molecule has 0 unspecified atom stereocenters. The summed E-state index contributed by atoms with van der Waals surface area (Å²) in [5.41, 5.74) is 2.91. The number of ether oxygens (including phenoxy) is 1. The number of hydrogen-bond acceptors (Lipinski definition) is 6. The van der Waals surface area contributed by atoms with Crippen LogP contribution in [-0.4, -0.2) is 27.4 Å². The van der Waals surface area contributed by atoms with Gasteiger partial charge in [0.15, 0.2) is 5.16 Å². The molecule has 0 N–H and O–H groups in total. The summed E-state index contributed by atoms with van der Waals surface area (Å²) in [6, 6.07) is 8.08. The number of thioether (sulfide) groups is 1. The summed E-state index contributed by atoms with van der Waals surface area (Å²) in [6.07, 6.45) is 1.66. The predicted octanol–water partition coefficient (Wildman–Crippen LogP) is 4.66. The Morgan fingerprint density at radius 2 is 2.11 bits per heavy atom. The van der Waals surface area contributed by atoms with Crippen LogP contribution in [-0.2, 0) is 16.1 Å². The standard InChI is InChI=1S/C21H22N2O3S2/c1-5-11-23-19(24)17-16(15-9-7-13(3)8-10-15)12-27-18(17)22-21(23)28-14(4)20(25)26-6-2/h5,7-10,12,14H,1,6,11H2,2-4H3/t14-/m1/s1. The van der Waals surface area contributed by atoms with Gasteiger partial charge in [0.1, 0.15) is 10.1 Å². The monoisotopic (exact) mass is 414 g/mol. The number of hydrogen-bond donors (Lipinski definition) is 0. The molecule has 146 valence electrons. The van der Waals surface area contributed by atoms with Crippen molar-refractivity contribution < 1.29 is 9.53 Å². The molecule has 0 saturated heterocycles. The lowest BCUT2D eigenvalue weighted by Gasteiger charge is -2.14. The SMILES string of the molecule is C=CCn1c(S[C@H](C)C(=O)OCC)nc2scc(-c3ccc(C)cc3)c2c1=O. The topological polar surface area (TPSA) is 61.2 Å². The van der Waals surface area contributed by atoms with E-state index < -0.39 is 5.25 Å². The van der Waals surface area contributed by atoms with Gasteiger partial charge in [-0.3, -0.25) is 14.2 Å². The lowest BCUT2D eigenvalue weighted by molar-refractivity contribution is -0.142. The highest BCUT2D eigenvalue weighted by molar-refractivity contribution is 8.00. The number of rotatable bonds is 7. The average molecular weight is 415 g/mol. The third-order valence-corrected chi connectivity index (χ3v) is 6.17. The Morgan fingerprint density at radius 1 is 1.39 bits per heavy atom. The van der Waals surface area contributed by atoms with Crippen LogP contribution in [0, 0.1) is 6.92 Å². The second kappa shape index (κ2) is 8.75. The zero-order valence-corrected chi connectivity index (χ0v) is 17.7. The molecule has 3 aromatic rings. The molecule has 0 aliphatic rings. The van der Waals surface area contributed by atoms with Crippen molar-refractivity contribution in [1.82, 2.24) is 9.55 Å². The molecule has 7 heteroatoms. The largest absolute Gasteiger partial charge is 0.465 e. The first-order valence-electron chi connectivity index (χ1n) is 8.99. The van der Waals surface area contributed by atoms with Crippen LogP contribution in [0.25, 0.3) is 21.3 Å². The summed E-state index contributed by atoms with van der Waals surface area (Å²) in [4.78, 5) is 30.7. The Labute approximate surface area is 172 Å². The normalized spacial score (nSPS) is 12.1. The molecule has 28 heavy (non-hydrogen) atoms. The van der Waals surface area contributed by atoms with Gasteiger partial charge in [-0.25, -0.2) is 4.98 Å². The van der Waals surface area contributed by atoms with Crippen LogP contribution in [0.2, 0.25) is 0 Å². The molecule has 1 atom stereocenters. The summed E-state index contributed by atoms with van der Waals surface area (Å²) in [5, 5.41) is 2.60. The van der Waals surface area contributed by atoms with Gasteiger partial charge in [0, 0.05) is 17.5 Å². The number of fused-ring (bicyclic) bond motifs is 1. The number of carbonyl (C=O) groups is 1. The molecule has 3 rings (SSSR count). The highest BCUT2D eigenvalue weighted by atomic mass is 32.2. The first-order chi connectivity index (χ1) is 13.5. The fourth-order valence-electron chi connectivity index (χ4n) is 2.80. The van der Waals surface area contributed by atoms with Gasteiger partial charge in [-0.05, 0) is 26.3 Å². The Bertz CT molecular complexity index is 1070. The van der Waals surface area contributed by atoms with E-state index in [2.05, 4.69) is 11.6 Å². The number of aromatic nitrogens is 2. The van der Waals surface area contributed by atoms with E-state index in [-0.39, 0.29) is 11.5 Å².